The predicted octanol–water partition coefficient (Wildman–Crippen LogP) is 11.5. The molecule has 0 spiro atoms. The Hall–Kier alpha value is -5.80. The smallest absolute Gasteiger partial charge is 0.160 e. The molecule has 0 bridgehead atoms. The van der Waals surface area contributed by atoms with Crippen molar-refractivity contribution in [1.82, 2.24) is 9.13 Å². The number of fused-ring (bicyclic) bond motifs is 10. The lowest BCUT2D eigenvalue weighted by Gasteiger charge is -2.12. The summed E-state index contributed by atoms with van der Waals surface area (Å²) >= 11 is 0. The van der Waals surface area contributed by atoms with Crippen molar-refractivity contribution in [2.45, 2.75) is 12.8 Å². The zero-order valence-electron chi connectivity index (χ0n) is 24.6. The zero-order valence-corrected chi connectivity index (χ0v) is 24.6. The van der Waals surface area contributed by atoms with E-state index < -0.39 is 0 Å². The second-order valence-electron chi connectivity index (χ2n) is 12.0. The van der Waals surface area contributed by atoms with Gasteiger partial charge in [0, 0.05) is 43.7 Å². The summed E-state index contributed by atoms with van der Waals surface area (Å²) in [6.45, 7) is 0. The molecule has 6 aromatic carbocycles. The van der Waals surface area contributed by atoms with Crippen molar-refractivity contribution in [3.8, 4) is 11.4 Å². The molecule has 9 aromatic rings. The maximum Gasteiger partial charge on any atom is 0.160 e. The van der Waals surface area contributed by atoms with Crippen molar-refractivity contribution in [3.63, 3.8) is 0 Å². The Kier molecular flexibility index (Phi) is 5.11. The standard InChI is InChI=1S/C42H28N2O/c1-2-10-27(11-3-1)28-18-20-29(21-19-28)43-37-15-7-5-13-32(37)36-26-30(22-25-39(36)43)44-38-16-8-4-12-31(38)34-23-24-35-33-14-6-9-17-40(33)45-42(35)41(34)44/h1-2,4-10,12-26H,3,11H2. The Bertz CT molecular complexity index is 2690. The summed E-state index contributed by atoms with van der Waals surface area (Å²) in [7, 11) is 0. The van der Waals surface area contributed by atoms with Gasteiger partial charge in [-0.3, -0.25) is 0 Å². The molecule has 3 aromatic heterocycles. The first-order chi connectivity index (χ1) is 22.3. The molecule has 0 saturated heterocycles. The predicted molar refractivity (Wildman–Crippen MR) is 189 cm³/mol. The van der Waals surface area contributed by atoms with E-state index in [1.807, 2.05) is 6.07 Å². The van der Waals surface area contributed by atoms with E-state index in [0.717, 1.165) is 46.0 Å². The van der Waals surface area contributed by atoms with Crippen LogP contribution in [0.5, 0.6) is 0 Å². The largest absolute Gasteiger partial charge is 0.454 e. The van der Waals surface area contributed by atoms with E-state index in [-0.39, 0.29) is 0 Å². The molecule has 0 fully saturated rings. The number of hydrogen-bond acceptors (Lipinski definition) is 1. The van der Waals surface area contributed by atoms with Crippen LogP contribution in [0.15, 0.2) is 150 Å². The molecule has 0 unspecified atom stereocenters. The molecular formula is C42H28N2O. The van der Waals surface area contributed by atoms with Gasteiger partial charge in [0.2, 0.25) is 0 Å². The van der Waals surface area contributed by atoms with Gasteiger partial charge in [-0.25, -0.2) is 0 Å². The zero-order chi connectivity index (χ0) is 29.5. The fraction of sp³-hybridized carbons (Fsp3) is 0.0476. The fourth-order valence-corrected chi connectivity index (χ4v) is 7.54. The van der Waals surface area contributed by atoms with E-state index in [1.165, 1.54) is 54.9 Å². The normalized spacial score (nSPS) is 13.6. The fourth-order valence-electron chi connectivity index (χ4n) is 7.54. The molecule has 1 aliphatic rings. The molecule has 0 saturated carbocycles. The second-order valence-corrected chi connectivity index (χ2v) is 12.0. The third-order valence-electron chi connectivity index (χ3n) is 9.60. The first kappa shape index (κ1) is 24.6. The molecule has 3 nitrogen and oxygen atoms in total. The quantitative estimate of drug-likeness (QED) is 0.205. The van der Waals surface area contributed by atoms with Gasteiger partial charge >= 0.3 is 0 Å². The molecule has 0 aliphatic heterocycles. The molecule has 3 heterocycles. The van der Waals surface area contributed by atoms with Crippen LogP contribution in [0.4, 0.5) is 0 Å². The van der Waals surface area contributed by atoms with Gasteiger partial charge in [-0.1, -0.05) is 91.0 Å². The highest BCUT2D eigenvalue weighted by molar-refractivity contribution is 6.21. The van der Waals surface area contributed by atoms with Gasteiger partial charge in [-0.15, -0.1) is 0 Å². The van der Waals surface area contributed by atoms with E-state index in [9.17, 15) is 0 Å². The maximum atomic E-state index is 6.60. The number of furan rings is 1. The SMILES string of the molecule is C1=CCCC(c2ccc(-n3c4ccccc4c4cc(-n5c6ccccc6c6ccc7c8ccccc8oc7c65)ccc43)cc2)=C1. The topological polar surface area (TPSA) is 23.0 Å². The summed E-state index contributed by atoms with van der Waals surface area (Å²) < 4.78 is 11.4. The number of hydrogen-bond donors (Lipinski definition) is 0. The van der Waals surface area contributed by atoms with Crippen LogP contribution in [0.3, 0.4) is 0 Å². The van der Waals surface area contributed by atoms with Crippen molar-refractivity contribution < 1.29 is 4.42 Å². The lowest BCUT2D eigenvalue weighted by atomic mass is 9.97. The summed E-state index contributed by atoms with van der Waals surface area (Å²) in [5.41, 5.74) is 11.5. The van der Waals surface area contributed by atoms with Crippen LogP contribution < -0.4 is 0 Å². The number of para-hydroxylation sites is 3. The molecule has 10 rings (SSSR count). The summed E-state index contributed by atoms with van der Waals surface area (Å²) in [5, 5.41) is 7.18. The summed E-state index contributed by atoms with van der Waals surface area (Å²) in [5.74, 6) is 0. The molecule has 0 N–H and O–H groups in total. The minimum Gasteiger partial charge on any atom is -0.454 e. The number of nitrogens with zero attached hydrogens (tertiary/aromatic N) is 2. The Morgan fingerprint density at radius 1 is 0.511 bits per heavy atom. The van der Waals surface area contributed by atoms with E-state index in [4.69, 9.17) is 4.42 Å². The monoisotopic (exact) mass is 576 g/mol. The Labute approximate surface area is 259 Å². The molecule has 212 valence electrons. The first-order valence-corrected chi connectivity index (χ1v) is 15.7. The third-order valence-corrected chi connectivity index (χ3v) is 9.60. The van der Waals surface area contributed by atoms with E-state index in [2.05, 4.69) is 149 Å². The highest BCUT2D eigenvalue weighted by Gasteiger charge is 2.20. The van der Waals surface area contributed by atoms with Gasteiger partial charge in [0.1, 0.15) is 5.58 Å². The Balaban J connectivity index is 1.23. The number of allylic oxidation sites excluding steroid dienone is 4. The maximum absolute atomic E-state index is 6.60. The lowest BCUT2D eigenvalue weighted by Crippen LogP contribution is -1.96. The van der Waals surface area contributed by atoms with Crippen LogP contribution in [-0.4, -0.2) is 9.13 Å². The van der Waals surface area contributed by atoms with Gasteiger partial charge in [0.05, 0.1) is 22.1 Å². The minimum absolute atomic E-state index is 0.914. The van der Waals surface area contributed by atoms with Crippen LogP contribution in [0.2, 0.25) is 0 Å². The van der Waals surface area contributed by atoms with Gasteiger partial charge in [-0.05, 0) is 78.6 Å². The first-order valence-electron chi connectivity index (χ1n) is 15.7. The average molecular weight is 577 g/mol. The molecule has 45 heavy (non-hydrogen) atoms. The van der Waals surface area contributed by atoms with Gasteiger partial charge in [0.25, 0.3) is 0 Å². The van der Waals surface area contributed by atoms with E-state index in [0.29, 0.717) is 0 Å². The minimum atomic E-state index is 0.914. The van der Waals surface area contributed by atoms with Crippen molar-refractivity contribution in [3.05, 3.63) is 151 Å². The van der Waals surface area contributed by atoms with Crippen molar-refractivity contribution in [2.75, 3.05) is 0 Å². The summed E-state index contributed by atoms with van der Waals surface area (Å²) in [6, 6.07) is 46.2. The van der Waals surface area contributed by atoms with Crippen LogP contribution in [0, 0.1) is 0 Å². The highest BCUT2D eigenvalue weighted by Crippen LogP contribution is 2.41. The average Bonchev–Trinajstić information content (AvgIpc) is 3.76. The third kappa shape index (κ3) is 3.52. The van der Waals surface area contributed by atoms with Gasteiger partial charge in [-0.2, -0.15) is 0 Å². The van der Waals surface area contributed by atoms with Crippen molar-refractivity contribution in [1.29, 1.82) is 0 Å². The molecule has 1 aliphatic carbocycles. The Morgan fingerprint density at radius 3 is 1.98 bits per heavy atom. The van der Waals surface area contributed by atoms with Crippen LogP contribution >= 0.6 is 0 Å². The number of rotatable bonds is 3. The van der Waals surface area contributed by atoms with E-state index >= 15 is 0 Å². The van der Waals surface area contributed by atoms with Crippen LogP contribution in [0.25, 0.3) is 82.5 Å². The number of benzene rings is 6. The molecular weight excluding hydrogens is 548 g/mol. The highest BCUT2D eigenvalue weighted by atomic mass is 16.3. The van der Waals surface area contributed by atoms with Gasteiger partial charge in [0.15, 0.2) is 5.58 Å². The van der Waals surface area contributed by atoms with Crippen LogP contribution in [-0.2, 0) is 0 Å². The Morgan fingerprint density at radius 2 is 1.18 bits per heavy atom. The molecule has 0 amide bonds. The summed E-state index contributed by atoms with van der Waals surface area (Å²) in [4.78, 5) is 0. The molecule has 0 radical (unpaired) electrons. The van der Waals surface area contributed by atoms with Crippen LogP contribution in [0.1, 0.15) is 18.4 Å². The van der Waals surface area contributed by atoms with E-state index in [1.54, 1.807) is 0 Å². The second kappa shape index (κ2) is 9.35. The summed E-state index contributed by atoms with van der Waals surface area (Å²) in [6.07, 6.45) is 8.86. The number of aromatic nitrogens is 2. The molecule has 0 atom stereocenters. The lowest BCUT2D eigenvalue weighted by molar-refractivity contribution is 0.671. The van der Waals surface area contributed by atoms with Crippen molar-refractivity contribution >= 4 is 71.1 Å². The molecule has 3 heteroatoms. The van der Waals surface area contributed by atoms with Crippen molar-refractivity contribution in [2.24, 2.45) is 0 Å². The van der Waals surface area contributed by atoms with Gasteiger partial charge < -0.3 is 13.6 Å².